The number of rotatable bonds is 2. The monoisotopic (exact) mass is 136 g/mol. The molecule has 52 valence electrons. The zero-order valence-corrected chi connectivity index (χ0v) is 5.00. The smallest absolute Gasteiger partial charge is 0.240 e. The highest BCUT2D eigenvalue weighted by atomic mass is 19.3. The first-order valence-corrected chi connectivity index (χ1v) is 2.50. The molecule has 0 saturated carbocycles. The molecule has 0 aliphatic rings. The van der Waals surface area contributed by atoms with Crippen molar-refractivity contribution in [2.45, 2.75) is 25.9 Å². The lowest BCUT2D eigenvalue weighted by Gasteiger charge is -1.99. The lowest BCUT2D eigenvalue weighted by atomic mass is 10.3. The van der Waals surface area contributed by atoms with Crippen molar-refractivity contribution >= 4 is 0 Å². The van der Waals surface area contributed by atoms with Gasteiger partial charge in [0.1, 0.15) is 0 Å². The Bertz CT molecular complexity index is 120. The van der Waals surface area contributed by atoms with E-state index >= 15 is 0 Å². The molecular formula is C6H7F3. The molecule has 9 heavy (non-hydrogen) atoms. The van der Waals surface area contributed by atoms with Gasteiger partial charge in [0.2, 0.25) is 0 Å². The van der Waals surface area contributed by atoms with Gasteiger partial charge in [-0.3, -0.25) is 0 Å². The van der Waals surface area contributed by atoms with Crippen molar-refractivity contribution in [2.24, 2.45) is 0 Å². The Kier molecular flexibility index (Phi) is 3.94. The van der Waals surface area contributed by atoms with Gasteiger partial charge in [0.05, 0.1) is 0 Å². The molecule has 0 spiro atoms. The summed E-state index contributed by atoms with van der Waals surface area (Å²) in [6, 6.07) is 0. The second kappa shape index (κ2) is 4.25. The molecule has 0 amide bonds. The van der Waals surface area contributed by atoms with Gasteiger partial charge in [-0.05, 0) is 6.92 Å². The van der Waals surface area contributed by atoms with E-state index in [4.69, 9.17) is 0 Å². The van der Waals surface area contributed by atoms with Crippen molar-refractivity contribution in [3.05, 3.63) is 0 Å². The van der Waals surface area contributed by atoms with E-state index in [1.165, 1.54) is 6.92 Å². The molecule has 1 unspecified atom stereocenters. The van der Waals surface area contributed by atoms with Crippen molar-refractivity contribution in [2.75, 3.05) is 0 Å². The summed E-state index contributed by atoms with van der Waals surface area (Å²) in [5.74, 6) is 4.55. The average molecular weight is 136 g/mol. The van der Waals surface area contributed by atoms with Gasteiger partial charge in [-0.1, -0.05) is 0 Å². The molecule has 0 fully saturated rings. The summed E-state index contributed by atoms with van der Waals surface area (Å²) < 4.78 is 34.5. The number of hydrogen-bond acceptors (Lipinski definition) is 0. The van der Waals surface area contributed by atoms with E-state index in [0.717, 1.165) is 0 Å². The molecule has 0 bridgehead atoms. The maximum Gasteiger partial charge on any atom is 0.270 e. The molecule has 1 atom stereocenters. The van der Waals surface area contributed by atoms with Gasteiger partial charge in [-0.15, -0.1) is 11.8 Å². The predicted molar refractivity (Wildman–Crippen MR) is 29.0 cm³/mol. The van der Waals surface area contributed by atoms with Gasteiger partial charge in [0.25, 0.3) is 6.43 Å². The van der Waals surface area contributed by atoms with Crippen molar-refractivity contribution in [1.82, 2.24) is 0 Å². The molecule has 0 saturated heterocycles. The second-order valence-corrected chi connectivity index (χ2v) is 1.48. The minimum atomic E-state index is -2.90. The Morgan fingerprint density at radius 2 is 1.89 bits per heavy atom. The third-order valence-electron chi connectivity index (χ3n) is 0.747. The van der Waals surface area contributed by atoms with Crippen LogP contribution in [-0.4, -0.2) is 12.6 Å². The quantitative estimate of drug-likeness (QED) is 0.509. The maximum absolute atomic E-state index is 11.9. The van der Waals surface area contributed by atoms with Crippen molar-refractivity contribution in [3.8, 4) is 11.8 Å². The number of hydrogen-bond donors (Lipinski definition) is 0. The standard InChI is InChI=1S/C6H7F3/c1-2-3-4-5(7)6(8)9/h5-6H,4H2,1H3. The minimum Gasteiger partial charge on any atom is -0.240 e. The van der Waals surface area contributed by atoms with E-state index in [1.807, 2.05) is 0 Å². The summed E-state index contributed by atoms with van der Waals surface area (Å²) in [5, 5.41) is 0. The highest BCUT2D eigenvalue weighted by Gasteiger charge is 2.16. The summed E-state index contributed by atoms with van der Waals surface area (Å²) in [6.45, 7) is 1.48. The van der Waals surface area contributed by atoms with E-state index in [-0.39, 0.29) is 6.42 Å². The fourth-order valence-corrected chi connectivity index (χ4v) is 0.289. The van der Waals surface area contributed by atoms with Crippen LogP contribution in [0.4, 0.5) is 13.2 Å². The lowest BCUT2D eigenvalue weighted by molar-refractivity contribution is 0.0529. The summed E-state index contributed by atoms with van der Waals surface area (Å²) in [6.07, 6.45) is -5.35. The zero-order chi connectivity index (χ0) is 7.28. The average Bonchev–Trinajstić information content (AvgIpc) is 1.82. The molecule has 0 aliphatic carbocycles. The van der Waals surface area contributed by atoms with E-state index in [0.29, 0.717) is 0 Å². The van der Waals surface area contributed by atoms with Crippen LogP contribution in [0.25, 0.3) is 0 Å². The maximum atomic E-state index is 11.9. The van der Waals surface area contributed by atoms with Gasteiger partial charge in [-0.25, -0.2) is 13.2 Å². The van der Waals surface area contributed by atoms with Gasteiger partial charge in [0, 0.05) is 6.42 Å². The largest absolute Gasteiger partial charge is 0.270 e. The Labute approximate surface area is 52.1 Å². The molecule has 0 N–H and O–H groups in total. The fourth-order valence-electron chi connectivity index (χ4n) is 0.289. The topological polar surface area (TPSA) is 0 Å². The highest BCUT2D eigenvalue weighted by Crippen LogP contribution is 2.07. The van der Waals surface area contributed by atoms with Gasteiger partial charge in [0.15, 0.2) is 6.17 Å². The SMILES string of the molecule is CC#CCC(F)C(F)F. The number of halogens is 3. The van der Waals surface area contributed by atoms with Crippen molar-refractivity contribution < 1.29 is 13.2 Å². The van der Waals surface area contributed by atoms with E-state index in [2.05, 4.69) is 11.8 Å². The molecule has 0 rings (SSSR count). The predicted octanol–water partition coefficient (Wildman–Crippen LogP) is 2.00. The van der Waals surface area contributed by atoms with Gasteiger partial charge in [-0.2, -0.15) is 0 Å². The summed E-state index contributed by atoms with van der Waals surface area (Å²) in [5.41, 5.74) is 0. The van der Waals surface area contributed by atoms with Crippen LogP contribution in [0.15, 0.2) is 0 Å². The Morgan fingerprint density at radius 3 is 2.22 bits per heavy atom. The minimum absolute atomic E-state index is 0.367. The van der Waals surface area contributed by atoms with Crippen LogP contribution in [0.3, 0.4) is 0 Å². The Morgan fingerprint density at radius 1 is 1.33 bits per heavy atom. The normalized spacial score (nSPS) is 12.6. The second-order valence-electron chi connectivity index (χ2n) is 1.48. The molecule has 0 aliphatic heterocycles. The van der Waals surface area contributed by atoms with Gasteiger partial charge >= 0.3 is 0 Å². The van der Waals surface area contributed by atoms with Crippen LogP contribution >= 0.6 is 0 Å². The zero-order valence-electron chi connectivity index (χ0n) is 5.00. The first-order valence-electron chi connectivity index (χ1n) is 2.50. The first-order chi connectivity index (χ1) is 4.18. The lowest BCUT2D eigenvalue weighted by Crippen LogP contribution is -2.10. The molecule has 0 aromatic heterocycles. The highest BCUT2D eigenvalue weighted by molar-refractivity contribution is 4.97. The van der Waals surface area contributed by atoms with E-state index < -0.39 is 12.6 Å². The van der Waals surface area contributed by atoms with E-state index in [1.54, 1.807) is 0 Å². The van der Waals surface area contributed by atoms with Crippen LogP contribution in [0.5, 0.6) is 0 Å². The molecule has 0 aromatic rings. The molecular weight excluding hydrogens is 129 g/mol. The fraction of sp³-hybridized carbons (Fsp3) is 0.667. The molecule has 0 aromatic carbocycles. The van der Waals surface area contributed by atoms with Crippen molar-refractivity contribution in [1.29, 1.82) is 0 Å². The van der Waals surface area contributed by atoms with Crippen LogP contribution in [0.2, 0.25) is 0 Å². The molecule has 0 nitrogen and oxygen atoms in total. The molecule has 0 heterocycles. The summed E-state index contributed by atoms with van der Waals surface area (Å²) in [4.78, 5) is 0. The van der Waals surface area contributed by atoms with Crippen LogP contribution in [-0.2, 0) is 0 Å². The van der Waals surface area contributed by atoms with Crippen LogP contribution in [0, 0.1) is 11.8 Å². The third-order valence-corrected chi connectivity index (χ3v) is 0.747. The van der Waals surface area contributed by atoms with Gasteiger partial charge < -0.3 is 0 Å². The molecule has 0 radical (unpaired) electrons. The Balaban J connectivity index is 3.46. The van der Waals surface area contributed by atoms with Crippen LogP contribution < -0.4 is 0 Å². The van der Waals surface area contributed by atoms with Crippen LogP contribution in [0.1, 0.15) is 13.3 Å². The number of alkyl halides is 3. The Hall–Kier alpha value is -0.650. The molecule has 3 heteroatoms. The summed E-state index contributed by atoms with van der Waals surface area (Å²) in [7, 11) is 0. The summed E-state index contributed by atoms with van der Waals surface area (Å²) >= 11 is 0. The van der Waals surface area contributed by atoms with Crippen molar-refractivity contribution in [3.63, 3.8) is 0 Å². The first kappa shape index (κ1) is 8.35. The third kappa shape index (κ3) is 3.89. The van der Waals surface area contributed by atoms with E-state index in [9.17, 15) is 13.2 Å².